The van der Waals surface area contributed by atoms with Crippen LogP contribution in [0, 0.1) is 5.82 Å². The van der Waals surface area contributed by atoms with E-state index in [2.05, 4.69) is 29.6 Å². The lowest BCUT2D eigenvalue weighted by Crippen LogP contribution is -2.48. The smallest absolute Gasteiger partial charge is 0.157 e. The average molecular weight is 401 g/mol. The van der Waals surface area contributed by atoms with Crippen molar-refractivity contribution < 1.29 is 9.50 Å². The van der Waals surface area contributed by atoms with Gasteiger partial charge in [-0.25, -0.2) is 14.4 Å². The number of halogens is 1. The SMILES string of the molecule is Nc1c(N2CCN(CCO)CC2)ncnc1N1CCN(c2ccccc2F)CC1. The zero-order valence-electron chi connectivity index (χ0n) is 16.5. The minimum absolute atomic E-state index is 0.179. The summed E-state index contributed by atoms with van der Waals surface area (Å²) in [7, 11) is 0. The molecular formula is C20H28FN7O. The molecule has 0 amide bonds. The lowest BCUT2D eigenvalue weighted by molar-refractivity contribution is 0.188. The third-order valence-corrected chi connectivity index (χ3v) is 5.70. The summed E-state index contributed by atoms with van der Waals surface area (Å²) in [6.45, 7) is 7.13. The number of benzene rings is 1. The van der Waals surface area contributed by atoms with Crippen molar-refractivity contribution in [1.29, 1.82) is 0 Å². The molecule has 0 spiro atoms. The minimum atomic E-state index is -0.190. The Morgan fingerprint density at radius 1 is 0.862 bits per heavy atom. The highest BCUT2D eigenvalue weighted by Gasteiger charge is 2.25. The molecule has 2 fully saturated rings. The summed E-state index contributed by atoms with van der Waals surface area (Å²) < 4.78 is 14.1. The zero-order valence-corrected chi connectivity index (χ0v) is 16.5. The Balaban J connectivity index is 1.43. The second-order valence-corrected chi connectivity index (χ2v) is 7.41. The summed E-state index contributed by atoms with van der Waals surface area (Å²) in [5.74, 6) is 1.33. The van der Waals surface area contributed by atoms with Gasteiger partial charge in [-0.1, -0.05) is 12.1 Å². The summed E-state index contributed by atoms with van der Waals surface area (Å²) in [4.78, 5) is 17.5. The Hall–Kier alpha value is -2.65. The number of piperazine rings is 2. The first-order chi connectivity index (χ1) is 14.2. The molecule has 29 heavy (non-hydrogen) atoms. The minimum Gasteiger partial charge on any atom is -0.395 e. The first kappa shape index (κ1) is 19.7. The van der Waals surface area contributed by atoms with E-state index in [4.69, 9.17) is 10.8 Å². The van der Waals surface area contributed by atoms with Gasteiger partial charge in [-0.3, -0.25) is 4.90 Å². The van der Waals surface area contributed by atoms with Gasteiger partial charge >= 0.3 is 0 Å². The van der Waals surface area contributed by atoms with Crippen LogP contribution in [0.2, 0.25) is 0 Å². The van der Waals surface area contributed by atoms with Crippen LogP contribution in [0.3, 0.4) is 0 Å². The van der Waals surface area contributed by atoms with Crippen LogP contribution in [0.4, 0.5) is 27.4 Å². The number of aliphatic hydroxyl groups is 1. The molecule has 4 rings (SSSR count). The molecule has 2 aromatic rings. The molecule has 0 aliphatic carbocycles. The number of rotatable bonds is 5. The topological polar surface area (TPSA) is 85.0 Å². The van der Waals surface area contributed by atoms with E-state index >= 15 is 0 Å². The van der Waals surface area contributed by atoms with Gasteiger partial charge in [-0.05, 0) is 12.1 Å². The predicted octanol–water partition coefficient (Wildman–Crippen LogP) is 0.639. The van der Waals surface area contributed by atoms with Crippen molar-refractivity contribution in [3.05, 3.63) is 36.4 Å². The molecule has 0 unspecified atom stereocenters. The first-order valence-electron chi connectivity index (χ1n) is 10.1. The predicted molar refractivity (Wildman–Crippen MR) is 113 cm³/mol. The highest BCUT2D eigenvalue weighted by Crippen LogP contribution is 2.31. The van der Waals surface area contributed by atoms with Crippen LogP contribution in [-0.2, 0) is 0 Å². The molecule has 8 nitrogen and oxygen atoms in total. The number of aromatic nitrogens is 2. The molecule has 0 saturated carbocycles. The summed E-state index contributed by atoms with van der Waals surface area (Å²) in [5, 5.41) is 9.11. The Labute approximate surface area is 170 Å². The summed E-state index contributed by atoms with van der Waals surface area (Å²) in [6, 6.07) is 6.89. The van der Waals surface area contributed by atoms with Crippen LogP contribution in [-0.4, -0.2) is 85.5 Å². The summed E-state index contributed by atoms with van der Waals surface area (Å²) in [6.07, 6.45) is 1.57. The van der Waals surface area contributed by atoms with Crippen LogP contribution in [0.5, 0.6) is 0 Å². The Morgan fingerprint density at radius 3 is 2.00 bits per heavy atom. The quantitative estimate of drug-likeness (QED) is 0.755. The van der Waals surface area contributed by atoms with Gasteiger partial charge in [0, 0.05) is 58.9 Å². The molecule has 9 heteroatoms. The van der Waals surface area contributed by atoms with Gasteiger partial charge in [0.1, 0.15) is 17.8 Å². The second kappa shape index (κ2) is 8.79. The Morgan fingerprint density at radius 2 is 1.41 bits per heavy atom. The van der Waals surface area contributed by atoms with E-state index in [1.165, 1.54) is 6.07 Å². The molecule has 3 heterocycles. The monoisotopic (exact) mass is 401 g/mol. The van der Waals surface area contributed by atoms with Crippen molar-refractivity contribution in [3.8, 4) is 0 Å². The van der Waals surface area contributed by atoms with Crippen LogP contribution in [0.1, 0.15) is 0 Å². The number of para-hydroxylation sites is 1. The summed E-state index contributed by atoms with van der Waals surface area (Å²) in [5.41, 5.74) is 7.71. The highest BCUT2D eigenvalue weighted by molar-refractivity contribution is 5.76. The normalized spacial score (nSPS) is 18.3. The number of nitrogens with zero attached hydrogens (tertiary/aromatic N) is 6. The fraction of sp³-hybridized carbons (Fsp3) is 0.500. The van der Waals surface area contributed by atoms with Crippen molar-refractivity contribution in [3.63, 3.8) is 0 Å². The largest absolute Gasteiger partial charge is 0.395 e. The maximum absolute atomic E-state index is 14.1. The van der Waals surface area contributed by atoms with Gasteiger partial charge in [0.15, 0.2) is 11.6 Å². The van der Waals surface area contributed by atoms with Crippen LogP contribution >= 0.6 is 0 Å². The fourth-order valence-corrected chi connectivity index (χ4v) is 4.07. The summed E-state index contributed by atoms with van der Waals surface area (Å²) >= 11 is 0. The number of hydrogen-bond donors (Lipinski definition) is 2. The lowest BCUT2D eigenvalue weighted by atomic mass is 10.2. The molecule has 156 valence electrons. The van der Waals surface area contributed by atoms with E-state index in [0.717, 1.165) is 50.9 Å². The first-order valence-corrected chi connectivity index (χ1v) is 10.1. The molecule has 2 saturated heterocycles. The van der Waals surface area contributed by atoms with Crippen LogP contribution < -0.4 is 20.4 Å². The molecule has 1 aromatic heterocycles. The molecule has 2 aliphatic rings. The van der Waals surface area contributed by atoms with Crippen molar-refractivity contribution in [1.82, 2.24) is 14.9 Å². The average Bonchev–Trinajstić information content (AvgIpc) is 2.75. The van der Waals surface area contributed by atoms with Crippen LogP contribution in [0.25, 0.3) is 0 Å². The number of nitrogen functional groups attached to an aromatic ring is 1. The number of hydrogen-bond acceptors (Lipinski definition) is 8. The van der Waals surface area contributed by atoms with E-state index in [1.54, 1.807) is 12.4 Å². The van der Waals surface area contributed by atoms with E-state index < -0.39 is 0 Å². The van der Waals surface area contributed by atoms with Crippen molar-refractivity contribution in [2.45, 2.75) is 0 Å². The van der Waals surface area contributed by atoms with Crippen LogP contribution in [0.15, 0.2) is 30.6 Å². The zero-order chi connectivity index (χ0) is 20.2. The third kappa shape index (κ3) is 4.20. The molecule has 0 radical (unpaired) electrons. The highest BCUT2D eigenvalue weighted by atomic mass is 19.1. The van der Waals surface area contributed by atoms with Crippen molar-refractivity contribution >= 4 is 23.0 Å². The maximum atomic E-state index is 14.1. The molecule has 0 bridgehead atoms. The van der Waals surface area contributed by atoms with E-state index in [-0.39, 0.29) is 12.4 Å². The van der Waals surface area contributed by atoms with Gasteiger partial charge in [0.2, 0.25) is 0 Å². The van der Waals surface area contributed by atoms with Gasteiger partial charge in [0.05, 0.1) is 12.3 Å². The number of nitrogens with two attached hydrogens (primary N) is 1. The molecule has 1 aromatic carbocycles. The standard InChI is InChI=1S/C20H28FN7O/c21-16-3-1-2-4-17(16)26-9-11-28(12-10-26)20-18(22)19(23-15-24-20)27-7-5-25(6-8-27)13-14-29/h1-4,15,29H,5-14,22H2. The van der Waals surface area contributed by atoms with Gasteiger partial charge < -0.3 is 25.5 Å². The Bertz CT molecular complexity index is 820. The maximum Gasteiger partial charge on any atom is 0.157 e. The molecule has 3 N–H and O–H groups in total. The fourth-order valence-electron chi connectivity index (χ4n) is 4.07. The van der Waals surface area contributed by atoms with Gasteiger partial charge in [-0.15, -0.1) is 0 Å². The molecule has 0 atom stereocenters. The van der Waals surface area contributed by atoms with Gasteiger partial charge in [-0.2, -0.15) is 0 Å². The van der Waals surface area contributed by atoms with E-state index in [9.17, 15) is 4.39 Å². The number of anilines is 4. The van der Waals surface area contributed by atoms with Gasteiger partial charge in [0.25, 0.3) is 0 Å². The number of β-amino-alcohol motifs (C(OH)–C–C–N with tert-alkyl or cyclic N) is 1. The lowest BCUT2D eigenvalue weighted by Gasteiger charge is -2.38. The molecule has 2 aliphatic heterocycles. The third-order valence-electron chi connectivity index (χ3n) is 5.70. The Kier molecular flexibility index (Phi) is 5.96. The second-order valence-electron chi connectivity index (χ2n) is 7.41. The molecular weight excluding hydrogens is 373 g/mol. The van der Waals surface area contributed by atoms with Crippen molar-refractivity contribution in [2.24, 2.45) is 0 Å². The van der Waals surface area contributed by atoms with E-state index in [0.29, 0.717) is 31.0 Å². The number of aliphatic hydroxyl groups excluding tert-OH is 1. The van der Waals surface area contributed by atoms with E-state index in [1.807, 2.05) is 12.1 Å². The van der Waals surface area contributed by atoms with Crippen molar-refractivity contribution in [2.75, 3.05) is 85.9 Å².